The van der Waals surface area contributed by atoms with Crippen molar-refractivity contribution in [3.8, 4) is 11.5 Å². The maximum absolute atomic E-state index is 5.59. The minimum Gasteiger partial charge on any atom is -0.496 e. The Balaban J connectivity index is 2.39. The van der Waals surface area contributed by atoms with Crippen LogP contribution in [0.3, 0.4) is 0 Å². The lowest BCUT2D eigenvalue weighted by molar-refractivity contribution is 0.374. The van der Waals surface area contributed by atoms with Gasteiger partial charge in [0.15, 0.2) is 0 Å². The molecule has 1 N–H and O–H groups in total. The van der Waals surface area contributed by atoms with Crippen molar-refractivity contribution >= 4 is 11.8 Å². The van der Waals surface area contributed by atoms with Crippen LogP contribution in [0.25, 0.3) is 0 Å². The van der Waals surface area contributed by atoms with E-state index in [9.17, 15) is 0 Å². The minimum absolute atomic E-state index is 0.350. The van der Waals surface area contributed by atoms with Gasteiger partial charge < -0.3 is 14.8 Å². The number of hydrogen-bond donors (Lipinski definition) is 1. The first-order chi connectivity index (χ1) is 9.15. The SMILES string of the molecule is COc1cc(SC(C)C)cc(OC)c1C1CCCN1. The van der Waals surface area contributed by atoms with Crippen LogP contribution in [-0.4, -0.2) is 26.0 Å². The second-order valence-corrected chi connectivity index (χ2v) is 6.71. The van der Waals surface area contributed by atoms with E-state index in [0.29, 0.717) is 11.3 Å². The second-order valence-electron chi connectivity index (χ2n) is 5.06. The number of methoxy groups -OCH3 is 2. The van der Waals surface area contributed by atoms with Crippen molar-refractivity contribution in [2.75, 3.05) is 20.8 Å². The fourth-order valence-electron chi connectivity index (χ4n) is 2.53. The molecule has 106 valence electrons. The molecule has 0 aliphatic carbocycles. The molecule has 3 nitrogen and oxygen atoms in total. The topological polar surface area (TPSA) is 30.5 Å². The van der Waals surface area contributed by atoms with E-state index in [1.807, 2.05) is 11.8 Å². The highest BCUT2D eigenvalue weighted by Gasteiger charge is 2.24. The number of hydrogen-bond acceptors (Lipinski definition) is 4. The molecular formula is C15H23NO2S. The van der Waals surface area contributed by atoms with Crippen molar-refractivity contribution < 1.29 is 9.47 Å². The summed E-state index contributed by atoms with van der Waals surface area (Å²) in [6, 6.07) is 4.60. The molecule has 0 spiro atoms. The highest BCUT2D eigenvalue weighted by Crippen LogP contribution is 2.41. The minimum atomic E-state index is 0.350. The predicted molar refractivity (Wildman–Crippen MR) is 80.5 cm³/mol. The van der Waals surface area contributed by atoms with Crippen LogP contribution >= 0.6 is 11.8 Å². The third-order valence-corrected chi connectivity index (χ3v) is 4.28. The number of rotatable bonds is 5. The molecule has 1 aromatic carbocycles. The van der Waals surface area contributed by atoms with Crippen molar-refractivity contribution in [1.29, 1.82) is 0 Å². The Morgan fingerprint density at radius 2 is 1.84 bits per heavy atom. The number of ether oxygens (including phenoxy) is 2. The van der Waals surface area contributed by atoms with Crippen molar-refractivity contribution in [3.63, 3.8) is 0 Å². The second kappa shape index (κ2) is 6.53. The molecule has 1 atom stereocenters. The van der Waals surface area contributed by atoms with E-state index in [1.165, 1.54) is 11.3 Å². The first-order valence-corrected chi connectivity index (χ1v) is 7.69. The summed E-state index contributed by atoms with van der Waals surface area (Å²) in [6.07, 6.45) is 2.35. The molecule has 0 amide bonds. The standard InChI is InChI=1S/C15H23NO2S/c1-10(2)19-11-8-13(17-3)15(14(9-11)18-4)12-6-5-7-16-12/h8-10,12,16H,5-7H2,1-4H3. The molecule has 1 aliphatic rings. The summed E-state index contributed by atoms with van der Waals surface area (Å²) in [5, 5.41) is 4.06. The lowest BCUT2D eigenvalue weighted by Crippen LogP contribution is -2.15. The fourth-order valence-corrected chi connectivity index (χ4v) is 3.42. The molecule has 0 saturated carbocycles. The van der Waals surface area contributed by atoms with Gasteiger partial charge in [0.25, 0.3) is 0 Å². The zero-order chi connectivity index (χ0) is 13.8. The van der Waals surface area contributed by atoms with E-state index < -0.39 is 0 Å². The van der Waals surface area contributed by atoms with E-state index in [4.69, 9.17) is 9.47 Å². The van der Waals surface area contributed by atoms with Gasteiger partial charge in [-0.3, -0.25) is 0 Å². The molecule has 1 saturated heterocycles. The highest BCUT2D eigenvalue weighted by atomic mass is 32.2. The van der Waals surface area contributed by atoms with Crippen molar-refractivity contribution in [3.05, 3.63) is 17.7 Å². The van der Waals surface area contributed by atoms with Gasteiger partial charge in [0.05, 0.1) is 19.8 Å². The molecule has 0 aromatic heterocycles. The Morgan fingerprint density at radius 1 is 1.21 bits per heavy atom. The summed E-state index contributed by atoms with van der Waals surface area (Å²) in [5.41, 5.74) is 1.16. The van der Waals surface area contributed by atoms with Gasteiger partial charge in [-0.1, -0.05) is 13.8 Å². The van der Waals surface area contributed by atoms with Gasteiger partial charge in [-0.2, -0.15) is 0 Å². The molecule has 1 fully saturated rings. The molecular weight excluding hydrogens is 258 g/mol. The van der Waals surface area contributed by atoms with Crippen LogP contribution in [0.15, 0.2) is 17.0 Å². The van der Waals surface area contributed by atoms with Crippen LogP contribution in [0, 0.1) is 0 Å². The van der Waals surface area contributed by atoms with E-state index in [0.717, 1.165) is 30.0 Å². The smallest absolute Gasteiger partial charge is 0.128 e. The highest BCUT2D eigenvalue weighted by molar-refractivity contribution is 7.99. The lowest BCUT2D eigenvalue weighted by atomic mass is 10.0. The Labute approximate surface area is 120 Å². The Morgan fingerprint density at radius 3 is 2.26 bits per heavy atom. The molecule has 0 bridgehead atoms. The van der Waals surface area contributed by atoms with Crippen LogP contribution < -0.4 is 14.8 Å². The normalized spacial score (nSPS) is 18.9. The molecule has 2 rings (SSSR count). The van der Waals surface area contributed by atoms with E-state index >= 15 is 0 Å². The fraction of sp³-hybridized carbons (Fsp3) is 0.600. The summed E-state index contributed by atoms with van der Waals surface area (Å²) in [4.78, 5) is 1.20. The molecule has 1 unspecified atom stereocenters. The molecule has 0 radical (unpaired) electrons. The average molecular weight is 281 g/mol. The summed E-state index contributed by atoms with van der Waals surface area (Å²) in [7, 11) is 3.47. The average Bonchev–Trinajstić information content (AvgIpc) is 2.90. The molecule has 1 aliphatic heterocycles. The van der Waals surface area contributed by atoms with Crippen LogP contribution in [0.5, 0.6) is 11.5 Å². The van der Waals surface area contributed by atoms with Crippen LogP contribution in [0.2, 0.25) is 0 Å². The summed E-state index contributed by atoms with van der Waals surface area (Å²) in [5.74, 6) is 1.86. The molecule has 4 heteroatoms. The first-order valence-electron chi connectivity index (χ1n) is 6.81. The van der Waals surface area contributed by atoms with Gasteiger partial charge in [0.2, 0.25) is 0 Å². The number of nitrogens with one attached hydrogen (secondary N) is 1. The summed E-state index contributed by atoms with van der Waals surface area (Å²) >= 11 is 1.83. The van der Waals surface area contributed by atoms with E-state index in [-0.39, 0.29) is 0 Å². The zero-order valence-corrected chi connectivity index (χ0v) is 13.0. The van der Waals surface area contributed by atoms with Crippen LogP contribution in [-0.2, 0) is 0 Å². The Bertz CT molecular complexity index is 403. The van der Waals surface area contributed by atoms with Crippen molar-refractivity contribution in [2.45, 2.75) is 42.9 Å². The van der Waals surface area contributed by atoms with Gasteiger partial charge in [0, 0.05) is 16.2 Å². The third kappa shape index (κ3) is 3.37. The Kier molecular flexibility index (Phi) is 4.99. The van der Waals surface area contributed by atoms with Crippen LogP contribution in [0.1, 0.15) is 38.3 Å². The summed E-state index contributed by atoms with van der Waals surface area (Å²) in [6.45, 7) is 5.45. The monoisotopic (exact) mass is 281 g/mol. The predicted octanol–water partition coefficient (Wildman–Crippen LogP) is 3.63. The largest absolute Gasteiger partial charge is 0.496 e. The van der Waals surface area contributed by atoms with Gasteiger partial charge >= 0.3 is 0 Å². The van der Waals surface area contributed by atoms with E-state index in [2.05, 4.69) is 31.3 Å². The van der Waals surface area contributed by atoms with Gasteiger partial charge in [-0.25, -0.2) is 0 Å². The molecule has 1 aromatic rings. The number of thioether (sulfide) groups is 1. The molecule has 1 heterocycles. The maximum atomic E-state index is 5.59. The molecule has 19 heavy (non-hydrogen) atoms. The maximum Gasteiger partial charge on any atom is 0.128 e. The first kappa shape index (κ1) is 14.5. The Hall–Kier alpha value is -0.870. The van der Waals surface area contributed by atoms with Crippen molar-refractivity contribution in [2.24, 2.45) is 0 Å². The van der Waals surface area contributed by atoms with Crippen molar-refractivity contribution in [1.82, 2.24) is 5.32 Å². The summed E-state index contributed by atoms with van der Waals surface area (Å²) < 4.78 is 11.2. The van der Waals surface area contributed by atoms with Gasteiger partial charge in [-0.15, -0.1) is 11.8 Å². The van der Waals surface area contributed by atoms with Crippen LogP contribution in [0.4, 0.5) is 0 Å². The number of benzene rings is 1. The van der Waals surface area contributed by atoms with E-state index in [1.54, 1.807) is 14.2 Å². The third-order valence-electron chi connectivity index (χ3n) is 3.30. The lowest BCUT2D eigenvalue weighted by Gasteiger charge is -2.20. The van der Waals surface area contributed by atoms with Gasteiger partial charge in [-0.05, 0) is 31.5 Å². The zero-order valence-electron chi connectivity index (χ0n) is 12.2. The quantitative estimate of drug-likeness (QED) is 0.835. The van der Waals surface area contributed by atoms with Gasteiger partial charge in [0.1, 0.15) is 11.5 Å².